The fourth-order valence-corrected chi connectivity index (χ4v) is 5.25. The molecule has 2 aromatic carbocycles. The molecule has 0 bridgehead atoms. The van der Waals surface area contributed by atoms with Gasteiger partial charge in [-0.3, -0.25) is 0 Å². The van der Waals surface area contributed by atoms with Gasteiger partial charge in [0.25, 0.3) is 0 Å². The Balaban J connectivity index is 0.00000423. The van der Waals surface area contributed by atoms with Crippen LogP contribution in [-0.4, -0.2) is 39.6 Å². The molecule has 0 atom stereocenters. The smallest absolute Gasteiger partial charge is 0.370 e. The maximum Gasteiger partial charge on any atom is 0.433 e. The first-order chi connectivity index (χ1) is 19.9. The summed E-state index contributed by atoms with van der Waals surface area (Å²) >= 11 is 0. The van der Waals surface area contributed by atoms with Crippen molar-refractivity contribution in [2.45, 2.75) is 58.3 Å². The average Bonchev–Trinajstić information content (AvgIpc) is 2.93. The van der Waals surface area contributed by atoms with E-state index in [2.05, 4.69) is 57.7 Å². The second-order valence-electron chi connectivity index (χ2n) is 11.5. The molecule has 0 spiro atoms. The Morgan fingerprint density at radius 3 is 2.37 bits per heavy atom. The summed E-state index contributed by atoms with van der Waals surface area (Å²) in [5.41, 5.74) is 2.94. The Kier molecular flexibility index (Phi) is 9.32. The number of aromatic nitrogens is 3. The second-order valence-corrected chi connectivity index (χ2v) is 11.5. The number of pyridine rings is 1. The molecular weight excluding hydrogens is 577 g/mol. The summed E-state index contributed by atoms with van der Waals surface area (Å²) in [6.07, 6.45) is -1.61. The van der Waals surface area contributed by atoms with Gasteiger partial charge in [0.05, 0.1) is 11.2 Å². The van der Waals surface area contributed by atoms with Gasteiger partial charge in [-0.2, -0.15) is 18.4 Å². The minimum absolute atomic E-state index is 0. The van der Waals surface area contributed by atoms with Gasteiger partial charge in [0.15, 0.2) is 5.82 Å². The topological polar surface area (TPSA) is 102 Å². The second kappa shape index (κ2) is 12.6. The lowest BCUT2D eigenvalue weighted by Gasteiger charge is -2.38. The standard InChI is InChI=1S/C31H33F3N8.ClH/c1-19-9-10-21(17-25(19)39-29-36-14-11-26(40-29)31(32,33)34)37-28-23(18-35)27(22-7-5-6-8-24(22)38-28)42-15-12-20(13-16-42)41-30(2,3)4;/h5-11,14,17,20,41H,12-13,15-16H2,1-4H3,(H,37,38)(H,36,39,40);1H. The van der Waals surface area contributed by atoms with Gasteiger partial charge in [0.1, 0.15) is 17.3 Å². The number of nitrogens with one attached hydrogen (secondary N) is 3. The van der Waals surface area contributed by atoms with Crippen LogP contribution < -0.4 is 20.9 Å². The maximum atomic E-state index is 13.2. The van der Waals surface area contributed by atoms with Crippen molar-refractivity contribution in [2.24, 2.45) is 0 Å². The lowest BCUT2D eigenvalue weighted by Crippen LogP contribution is -2.49. The molecular formula is C31H34ClF3N8. The van der Waals surface area contributed by atoms with Crippen LogP contribution in [0.3, 0.4) is 0 Å². The molecule has 5 rings (SSSR count). The van der Waals surface area contributed by atoms with Crippen LogP contribution in [-0.2, 0) is 6.18 Å². The molecule has 2 aromatic heterocycles. The Morgan fingerprint density at radius 2 is 1.70 bits per heavy atom. The van der Waals surface area contributed by atoms with Gasteiger partial charge in [-0.05, 0) is 70.4 Å². The number of para-hydroxylation sites is 1. The van der Waals surface area contributed by atoms with E-state index in [1.165, 1.54) is 0 Å². The van der Waals surface area contributed by atoms with Crippen LogP contribution >= 0.6 is 12.4 Å². The average molecular weight is 611 g/mol. The largest absolute Gasteiger partial charge is 0.433 e. The molecule has 4 aromatic rings. The number of piperidine rings is 1. The van der Waals surface area contributed by atoms with E-state index < -0.39 is 11.9 Å². The van der Waals surface area contributed by atoms with Gasteiger partial charge < -0.3 is 20.9 Å². The van der Waals surface area contributed by atoms with Crippen molar-refractivity contribution in [1.82, 2.24) is 20.3 Å². The van der Waals surface area contributed by atoms with Crippen LogP contribution in [0.5, 0.6) is 0 Å². The highest BCUT2D eigenvalue weighted by Crippen LogP contribution is 2.37. The zero-order valence-corrected chi connectivity index (χ0v) is 25.2. The maximum absolute atomic E-state index is 13.2. The van der Waals surface area contributed by atoms with Gasteiger partial charge in [-0.15, -0.1) is 12.4 Å². The number of hydrogen-bond acceptors (Lipinski definition) is 8. The number of fused-ring (bicyclic) bond motifs is 1. The van der Waals surface area contributed by atoms with Crippen molar-refractivity contribution in [3.05, 3.63) is 71.5 Å². The molecule has 226 valence electrons. The predicted molar refractivity (Wildman–Crippen MR) is 167 cm³/mol. The number of halogens is 4. The summed E-state index contributed by atoms with van der Waals surface area (Å²) in [5, 5.41) is 21.2. The fraction of sp³-hybridized carbons (Fsp3) is 0.355. The molecule has 3 heterocycles. The first-order valence-corrected chi connectivity index (χ1v) is 13.8. The number of anilines is 5. The molecule has 0 radical (unpaired) electrons. The summed E-state index contributed by atoms with van der Waals surface area (Å²) < 4.78 is 39.5. The van der Waals surface area contributed by atoms with Crippen LogP contribution in [0.25, 0.3) is 10.9 Å². The Morgan fingerprint density at radius 1 is 0.977 bits per heavy atom. The lowest BCUT2D eigenvalue weighted by molar-refractivity contribution is -0.141. The SMILES string of the molecule is Cc1ccc(Nc2nc3ccccc3c(N3CCC(NC(C)(C)C)CC3)c2C#N)cc1Nc1nccc(C(F)(F)F)n1.Cl. The van der Waals surface area contributed by atoms with Crippen molar-refractivity contribution in [1.29, 1.82) is 5.26 Å². The highest BCUT2D eigenvalue weighted by molar-refractivity contribution is 5.98. The summed E-state index contributed by atoms with van der Waals surface area (Å²) in [5.74, 6) is 0.240. The molecule has 0 saturated carbocycles. The molecule has 43 heavy (non-hydrogen) atoms. The van der Waals surface area contributed by atoms with E-state index in [4.69, 9.17) is 4.98 Å². The molecule has 1 aliphatic heterocycles. The zero-order valence-electron chi connectivity index (χ0n) is 24.4. The Hall–Kier alpha value is -4.14. The van der Waals surface area contributed by atoms with E-state index in [0.29, 0.717) is 28.8 Å². The van der Waals surface area contributed by atoms with Crippen LogP contribution in [0, 0.1) is 18.3 Å². The van der Waals surface area contributed by atoms with E-state index in [-0.39, 0.29) is 23.9 Å². The van der Waals surface area contributed by atoms with E-state index in [1.807, 2.05) is 43.3 Å². The third-order valence-corrected chi connectivity index (χ3v) is 7.12. The van der Waals surface area contributed by atoms with Gasteiger partial charge in [-0.25, -0.2) is 15.0 Å². The number of rotatable bonds is 6. The van der Waals surface area contributed by atoms with Crippen molar-refractivity contribution in [2.75, 3.05) is 28.6 Å². The molecule has 0 unspecified atom stereocenters. The van der Waals surface area contributed by atoms with E-state index in [1.54, 1.807) is 6.07 Å². The Labute approximate surface area is 255 Å². The molecule has 0 amide bonds. The zero-order chi connectivity index (χ0) is 30.1. The summed E-state index contributed by atoms with van der Waals surface area (Å²) in [7, 11) is 0. The number of hydrogen-bond donors (Lipinski definition) is 3. The van der Waals surface area contributed by atoms with E-state index in [9.17, 15) is 18.4 Å². The highest BCUT2D eigenvalue weighted by atomic mass is 35.5. The first-order valence-electron chi connectivity index (χ1n) is 13.8. The molecule has 8 nitrogen and oxygen atoms in total. The molecule has 0 aliphatic carbocycles. The number of aryl methyl sites for hydroxylation is 1. The number of nitriles is 1. The molecule has 1 aliphatic rings. The van der Waals surface area contributed by atoms with Crippen LogP contribution in [0.15, 0.2) is 54.7 Å². The van der Waals surface area contributed by atoms with Crippen LogP contribution in [0.4, 0.5) is 42.0 Å². The van der Waals surface area contributed by atoms with Crippen LogP contribution in [0.1, 0.15) is 50.4 Å². The molecule has 1 saturated heterocycles. The Bertz CT molecular complexity index is 1640. The van der Waals surface area contributed by atoms with Crippen LogP contribution in [0.2, 0.25) is 0 Å². The van der Waals surface area contributed by atoms with Crippen molar-refractivity contribution < 1.29 is 13.2 Å². The summed E-state index contributed by atoms with van der Waals surface area (Å²) in [4.78, 5) is 14.6. The van der Waals surface area contributed by atoms with Gasteiger partial charge in [0, 0.05) is 47.6 Å². The number of alkyl halides is 3. The summed E-state index contributed by atoms with van der Waals surface area (Å²) in [6, 6.07) is 16.8. The van der Waals surface area contributed by atoms with E-state index in [0.717, 1.165) is 60.3 Å². The normalized spacial score (nSPS) is 14.2. The van der Waals surface area contributed by atoms with Gasteiger partial charge in [-0.1, -0.05) is 24.3 Å². The quantitative estimate of drug-likeness (QED) is 0.206. The molecule has 1 fully saturated rings. The predicted octanol–water partition coefficient (Wildman–Crippen LogP) is 7.49. The van der Waals surface area contributed by atoms with Crippen molar-refractivity contribution in [3.63, 3.8) is 0 Å². The number of benzene rings is 2. The minimum atomic E-state index is -4.58. The van der Waals surface area contributed by atoms with E-state index >= 15 is 0 Å². The monoisotopic (exact) mass is 610 g/mol. The molecule has 3 N–H and O–H groups in total. The van der Waals surface area contributed by atoms with Gasteiger partial charge in [0.2, 0.25) is 5.95 Å². The third kappa shape index (κ3) is 7.45. The third-order valence-electron chi connectivity index (χ3n) is 7.12. The van der Waals surface area contributed by atoms with Crippen molar-refractivity contribution in [3.8, 4) is 6.07 Å². The van der Waals surface area contributed by atoms with Crippen molar-refractivity contribution >= 4 is 52.1 Å². The fourth-order valence-electron chi connectivity index (χ4n) is 5.25. The molecule has 12 heteroatoms. The first kappa shape index (κ1) is 31.8. The van der Waals surface area contributed by atoms with Gasteiger partial charge >= 0.3 is 6.18 Å². The highest BCUT2D eigenvalue weighted by Gasteiger charge is 2.33. The minimum Gasteiger partial charge on any atom is -0.370 e. The summed E-state index contributed by atoms with van der Waals surface area (Å²) in [6.45, 7) is 9.92. The lowest BCUT2D eigenvalue weighted by atomic mass is 9.98. The number of nitrogens with zero attached hydrogens (tertiary/aromatic N) is 5.